The molecule has 0 spiro atoms. The third-order valence-corrected chi connectivity index (χ3v) is 0. The van der Waals surface area contributed by atoms with Gasteiger partial charge in [0.25, 0.3) is 0 Å². The Hall–Kier alpha value is 2.37. The van der Waals surface area contributed by atoms with Gasteiger partial charge in [-0.05, 0) is 0 Å². The molecule has 0 bridgehead atoms. The van der Waals surface area contributed by atoms with E-state index in [1.165, 1.54) is 0 Å². The summed E-state index contributed by atoms with van der Waals surface area (Å²) in [5.41, 5.74) is 0. The van der Waals surface area contributed by atoms with Gasteiger partial charge in [-0.3, -0.25) is 4.70 Å². The first kappa shape index (κ1) is 29.5. The fourth-order valence-electron chi connectivity index (χ4n) is 0. The minimum Gasteiger partial charge on any atom is -0.822 e. The molecule has 0 aromatic rings. The van der Waals surface area contributed by atoms with Crippen LogP contribution in [-0.4, -0.2) is 0 Å². The number of hydrogen-bond acceptors (Lipinski definition) is 8. The molecule has 0 aromatic heterocycles. The van der Waals surface area contributed by atoms with E-state index in [2.05, 4.69) is 0 Å². The summed E-state index contributed by atoms with van der Waals surface area (Å²) in [5, 5.41) is 0. The molecule has 0 aliphatic carbocycles. The summed E-state index contributed by atoms with van der Waals surface area (Å²) < 4.78 is 17.1. The van der Waals surface area contributed by atoms with Crippen LogP contribution in [0.2, 0.25) is 0 Å². The Kier molecular flexibility index (Phi) is 28.2. The molecule has 0 aliphatic rings. The van der Waals surface area contributed by atoms with E-state index in [1.54, 1.807) is 0 Å². The molecule has 1 radical (unpaired) electrons. The Balaban J connectivity index is -0.0000000267. The second kappa shape index (κ2) is 12.4. The van der Waals surface area contributed by atoms with Crippen molar-refractivity contribution in [2.24, 2.45) is 0 Å². The van der Waals surface area contributed by atoms with Crippen molar-refractivity contribution in [3.05, 3.63) is 0 Å². The van der Waals surface area contributed by atoms with Gasteiger partial charge in [0.05, 0.1) is 0 Å². The van der Waals surface area contributed by atoms with E-state index >= 15 is 0 Å². The molecule has 0 aromatic carbocycles. The van der Waals surface area contributed by atoms with Gasteiger partial charge < -0.3 is 38.5 Å². The number of phosphoric acid groups is 2. The summed E-state index contributed by atoms with van der Waals surface area (Å²) >= 11 is 0. The van der Waals surface area contributed by atoms with Crippen LogP contribution in [0.3, 0.4) is 0 Å². The minimum absolute atomic E-state index is 0. The molecule has 0 rings (SSSR count). The van der Waals surface area contributed by atoms with Crippen LogP contribution in [0.15, 0.2) is 0 Å². The van der Waals surface area contributed by atoms with Gasteiger partial charge in [-0.25, -0.2) is 0 Å². The maximum atomic E-state index is 8.55. The number of halogens is 1. The van der Waals surface area contributed by atoms with Crippen molar-refractivity contribution in [1.82, 2.24) is 0 Å². The summed E-state index contributed by atoms with van der Waals surface area (Å²) in [4.78, 5) is 51.3. The fourth-order valence-corrected chi connectivity index (χ4v) is 0. The van der Waals surface area contributed by atoms with Gasteiger partial charge in [0.2, 0.25) is 0 Å². The molecule has 0 N–H and O–H groups in total. The van der Waals surface area contributed by atoms with E-state index in [-0.39, 0.29) is 74.6 Å². The molecular weight excluding hydrogens is 299 g/mol. The SMILES string of the molecule is F.O=P([O-])([O-])[O-].O=P([O-])([O-])[O-].[K+].[V]. The monoisotopic (exact) mass is 300 g/mol. The molecule has 0 amide bonds. The second-order valence-corrected chi connectivity index (χ2v) is 2.68. The second-order valence-electron chi connectivity index (χ2n) is 0.894. The molecule has 0 atom stereocenters. The Morgan fingerprint density at radius 3 is 0.692 bits per heavy atom. The van der Waals surface area contributed by atoms with Crippen LogP contribution in [0.1, 0.15) is 0 Å². The van der Waals surface area contributed by atoms with Crippen LogP contribution in [0.4, 0.5) is 4.70 Å². The molecular formula is HFKO8P2V-5. The van der Waals surface area contributed by atoms with Crippen molar-refractivity contribution < 1.29 is 113 Å². The van der Waals surface area contributed by atoms with Crippen LogP contribution in [0, 0.1) is 0 Å². The van der Waals surface area contributed by atoms with Crippen molar-refractivity contribution in [3.63, 3.8) is 0 Å². The number of rotatable bonds is 0. The molecule has 0 saturated heterocycles. The minimum atomic E-state index is -5.39. The summed E-state index contributed by atoms with van der Waals surface area (Å²) in [7, 11) is -10.8. The zero-order chi connectivity index (χ0) is 9.00. The van der Waals surface area contributed by atoms with Crippen molar-refractivity contribution >= 4 is 15.6 Å². The van der Waals surface area contributed by atoms with Gasteiger partial charge in [-0.2, -0.15) is 15.6 Å². The smallest absolute Gasteiger partial charge is 0.822 e. The Labute approximate surface area is 127 Å². The molecule has 0 unspecified atom stereocenters. The van der Waals surface area contributed by atoms with Crippen molar-refractivity contribution in [1.29, 1.82) is 0 Å². The largest absolute Gasteiger partial charge is 1.00 e. The predicted molar refractivity (Wildman–Crippen MR) is 17.7 cm³/mol. The van der Waals surface area contributed by atoms with Gasteiger partial charge in [0, 0.05) is 18.6 Å². The summed E-state index contributed by atoms with van der Waals surface area (Å²) in [6.45, 7) is 0. The quantitative estimate of drug-likeness (QED) is 0.313. The first-order valence-corrected chi connectivity index (χ1v) is 4.38. The van der Waals surface area contributed by atoms with E-state index < -0.39 is 15.6 Å². The zero-order valence-electron chi connectivity index (χ0n) is 6.02. The van der Waals surface area contributed by atoms with E-state index in [9.17, 15) is 0 Å². The molecule has 0 saturated carbocycles. The standard InChI is InChI=1S/FH.K.2H3O4P.V/c;;2*1-5(2,3)4;/h1H;;2*(H3,1,2,3,4);/q;+1;;;/p-6. The van der Waals surface area contributed by atoms with E-state index in [1.807, 2.05) is 0 Å². The van der Waals surface area contributed by atoms with Crippen LogP contribution in [0.5, 0.6) is 0 Å². The molecule has 77 valence electrons. The average molecular weight is 300 g/mol. The Bertz CT molecular complexity index is 134. The van der Waals surface area contributed by atoms with Gasteiger partial charge in [-0.1, -0.05) is 0 Å². The molecule has 8 nitrogen and oxygen atoms in total. The van der Waals surface area contributed by atoms with Crippen LogP contribution in [-0.2, 0) is 27.7 Å². The normalized spacial score (nSPS) is 9.08. The summed E-state index contributed by atoms with van der Waals surface area (Å²) in [5.74, 6) is 0. The topological polar surface area (TPSA) is 172 Å². The molecule has 0 aliphatic heterocycles. The Morgan fingerprint density at radius 1 is 0.692 bits per heavy atom. The molecule has 13 heteroatoms. The Morgan fingerprint density at radius 2 is 0.692 bits per heavy atom. The summed E-state index contributed by atoms with van der Waals surface area (Å²) in [6, 6.07) is 0. The van der Waals surface area contributed by atoms with Crippen LogP contribution in [0.25, 0.3) is 0 Å². The number of hydrogen-bond donors (Lipinski definition) is 0. The van der Waals surface area contributed by atoms with E-state index in [4.69, 9.17) is 38.5 Å². The fraction of sp³-hybridized carbons (Fsp3) is 0. The first-order valence-electron chi connectivity index (χ1n) is 1.46. The van der Waals surface area contributed by atoms with E-state index in [0.717, 1.165) is 0 Å². The van der Waals surface area contributed by atoms with Gasteiger partial charge in [-0.15, -0.1) is 0 Å². The van der Waals surface area contributed by atoms with E-state index in [0.29, 0.717) is 0 Å². The van der Waals surface area contributed by atoms with Gasteiger partial charge in [0.1, 0.15) is 0 Å². The first-order chi connectivity index (χ1) is 4.00. The van der Waals surface area contributed by atoms with Crippen LogP contribution < -0.4 is 80.7 Å². The third-order valence-electron chi connectivity index (χ3n) is 0. The maximum Gasteiger partial charge on any atom is 1.00 e. The van der Waals surface area contributed by atoms with Crippen molar-refractivity contribution in [2.45, 2.75) is 0 Å². The molecule has 0 heterocycles. The van der Waals surface area contributed by atoms with Gasteiger partial charge >= 0.3 is 51.4 Å². The van der Waals surface area contributed by atoms with Gasteiger partial charge in [0.15, 0.2) is 0 Å². The average Bonchev–Trinajstić information content (AvgIpc) is 1.12. The molecule has 0 fully saturated rings. The predicted octanol–water partition coefficient (Wildman–Crippen LogP) is -8.50. The maximum absolute atomic E-state index is 8.55. The van der Waals surface area contributed by atoms with Crippen molar-refractivity contribution in [3.8, 4) is 0 Å². The summed E-state index contributed by atoms with van der Waals surface area (Å²) in [6.07, 6.45) is 0. The third kappa shape index (κ3) is 391. The van der Waals surface area contributed by atoms with Crippen LogP contribution >= 0.6 is 15.6 Å². The van der Waals surface area contributed by atoms with Crippen molar-refractivity contribution in [2.75, 3.05) is 0 Å². The zero-order valence-corrected chi connectivity index (χ0v) is 12.3. The molecule has 13 heavy (non-hydrogen) atoms.